The van der Waals surface area contributed by atoms with Crippen LogP contribution in [0.5, 0.6) is 5.75 Å². The van der Waals surface area contributed by atoms with Gasteiger partial charge in [0.1, 0.15) is 17.1 Å². The van der Waals surface area contributed by atoms with Gasteiger partial charge in [-0.3, -0.25) is 4.68 Å². The molecular formula is C23H27FN8O2. The minimum absolute atomic E-state index is 0.0812. The quantitative estimate of drug-likeness (QED) is 0.460. The van der Waals surface area contributed by atoms with E-state index in [4.69, 9.17) is 15.5 Å². The number of nitrogen functional groups attached to an aromatic ring is 1. The molecule has 6 rings (SSSR count). The molecule has 2 fully saturated rings. The Labute approximate surface area is 195 Å². The van der Waals surface area contributed by atoms with Gasteiger partial charge in [0, 0.05) is 31.3 Å². The molecule has 1 aliphatic carbocycles. The summed E-state index contributed by atoms with van der Waals surface area (Å²) >= 11 is 0. The summed E-state index contributed by atoms with van der Waals surface area (Å²) in [4.78, 5) is 11.4. The topological polar surface area (TPSA) is 120 Å². The van der Waals surface area contributed by atoms with Crippen LogP contribution < -0.4 is 15.4 Å². The molecule has 1 aliphatic heterocycles. The number of rotatable bonds is 5. The van der Waals surface area contributed by atoms with Crippen LogP contribution in [0.4, 0.5) is 16.0 Å². The van der Waals surface area contributed by atoms with E-state index in [0.717, 1.165) is 50.9 Å². The van der Waals surface area contributed by atoms with Crippen LogP contribution in [0.3, 0.4) is 0 Å². The Morgan fingerprint density at radius 2 is 2.12 bits per heavy atom. The summed E-state index contributed by atoms with van der Waals surface area (Å²) in [5.74, 6) is 0.785. The van der Waals surface area contributed by atoms with Crippen molar-refractivity contribution < 1.29 is 14.2 Å². The fourth-order valence-corrected chi connectivity index (χ4v) is 5.08. The van der Waals surface area contributed by atoms with Crippen LogP contribution >= 0.6 is 0 Å². The first-order chi connectivity index (χ1) is 16.4. The summed E-state index contributed by atoms with van der Waals surface area (Å²) in [7, 11) is 1.47. The van der Waals surface area contributed by atoms with Gasteiger partial charge in [-0.2, -0.15) is 9.61 Å². The lowest BCUT2D eigenvalue weighted by molar-refractivity contribution is -0.0498. The first kappa shape index (κ1) is 21.1. The summed E-state index contributed by atoms with van der Waals surface area (Å²) in [6.45, 7) is 2.17. The Bertz CT molecular complexity index is 1380. The van der Waals surface area contributed by atoms with E-state index in [1.165, 1.54) is 23.8 Å². The SMILES string of the molecule is COc1cc(F)cc2c1nc(N)n1nc(C3CCCN(c4cnn(CC5(O)CCC5)c4)C3)nc21. The Morgan fingerprint density at radius 3 is 2.88 bits per heavy atom. The molecule has 1 unspecified atom stereocenters. The monoisotopic (exact) mass is 466 g/mol. The zero-order chi connectivity index (χ0) is 23.4. The van der Waals surface area contributed by atoms with E-state index in [1.54, 1.807) is 0 Å². The third-order valence-electron chi connectivity index (χ3n) is 7.08. The summed E-state index contributed by atoms with van der Waals surface area (Å²) in [6.07, 6.45) is 8.49. The van der Waals surface area contributed by atoms with E-state index >= 15 is 0 Å². The van der Waals surface area contributed by atoms with Crippen LogP contribution in [0.25, 0.3) is 16.6 Å². The Hall–Kier alpha value is -3.47. The summed E-state index contributed by atoms with van der Waals surface area (Å²) in [6, 6.07) is 2.67. The van der Waals surface area contributed by atoms with Crippen molar-refractivity contribution in [2.24, 2.45) is 0 Å². The normalized spacial score (nSPS) is 20.1. The third-order valence-corrected chi connectivity index (χ3v) is 7.08. The molecule has 1 aromatic carbocycles. The lowest BCUT2D eigenvalue weighted by Gasteiger charge is -2.36. The fraction of sp³-hybridized carbons (Fsp3) is 0.478. The van der Waals surface area contributed by atoms with Gasteiger partial charge in [0.25, 0.3) is 0 Å². The molecule has 0 amide bonds. The highest BCUT2D eigenvalue weighted by atomic mass is 19.1. The third kappa shape index (κ3) is 3.51. The molecule has 4 aromatic rings. The Morgan fingerprint density at radius 1 is 1.26 bits per heavy atom. The molecule has 3 aromatic heterocycles. The second-order valence-electron chi connectivity index (χ2n) is 9.44. The van der Waals surface area contributed by atoms with Gasteiger partial charge in [-0.1, -0.05) is 0 Å². The summed E-state index contributed by atoms with van der Waals surface area (Å²) in [5, 5.41) is 20.1. The van der Waals surface area contributed by atoms with Crippen LogP contribution in [-0.2, 0) is 6.54 Å². The maximum absolute atomic E-state index is 14.2. The van der Waals surface area contributed by atoms with E-state index in [0.29, 0.717) is 34.7 Å². The lowest BCUT2D eigenvalue weighted by Crippen LogP contribution is -2.41. The molecule has 4 heterocycles. The molecule has 0 radical (unpaired) electrons. The predicted octanol–water partition coefficient (Wildman–Crippen LogP) is 2.50. The number of benzene rings is 1. The van der Waals surface area contributed by atoms with Gasteiger partial charge in [-0.15, -0.1) is 5.10 Å². The van der Waals surface area contributed by atoms with Gasteiger partial charge >= 0.3 is 0 Å². The molecule has 0 bridgehead atoms. The van der Waals surface area contributed by atoms with E-state index in [-0.39, 0.29) is 11.9 Å². The molecule has 0 spiro atoms. The number of nitrogens with two attached hydrogens (primary N) is 1. The van der Waals surface area contributed by atoms with Crippen molar-refractivity contribution >= 4 is 28.2 Å². The average Bonchev–Trinajstić information content (AvgIpc) is 3.46. The standard InChI is InChI=1S/C23H27FN8O2/c1-34-18-9-15(24)8-17-19(18)27-22(25)32-21(17)28-20(29-32)14-4-2-7-30(11-14)16-10-26-31(12-16)13-23(33)5-3-6-23/h8-10,12,14,33H,2-7,11,13H2,1H3,(H2,25,27). The number of methoxy groups -OCH3 is 1. The van der Waals surface area contributed by atoms with Crippen molar-refractivity contribution in [1.82, 2.24) is 29.4 Å². The highest BCUT2D eigenvalue weighted by Gasteiger charge is 2.35. The molecule has 1 saturated carbocycles. The van der Waals surface area contributed by atoms with E-state index < -0.39 is 11.4 Å². The molecule has 11 heteroatoms. The second-order valence-corrected chi connectivity index (χ2v) is 9.44. The molecule has 34 heavy (non-hydrogen) atoms. The average molecular weight is 467 g/mol. The number of ether oxygens (including phenoxy) is 1. The van der Waals surface area contributed by atoms with E-state index in [1.807, 2.05) is 17.1 Å². The first-order valence-electron chi connectivity index (χ1n) is 11.6. The van der Waals surface area contributed by atoms with Crippen molar-refractivity contribution in [2.45, 2.75) is 50.2 Å². The number of aliphatic hydroxyl groups is 1. The molecule has 1 saturated heterocycles. The minimum atomic E-state index is -0.618. The van der Waals surface area contributed by atoms with Gasteiger partial charge in [0.15, 0.2) is 11.5 Å². The van der Waals surface area contributed by atoms with Gasteiger partial charge in [0.05, 0.1) is 36.5 Å². The number of hydrogen-bond acceptors (Lipinski definition) is 8. The highest BCUT2D eigenvalue weighted by molar-refractivity contribution is 5.95. The molecular weight excluding hydrogens is 439 g/mol. The number of anilines is 2. The highest BCUT2D eigenvalue weighted by Crippen LogP contribution is 2.34. The van der Waals surface area contributed by atoms with Crippen molar-refractivity contribution in [3.63, 3.8) is 0 Å². The van der Waals surface area contributed by atoms with Crippen LogP contribution in [0.15, 0.2) is 24.5 Å². The second kappa shape index (κ2) is 7.79. The van der Waals surface area contributed by atoms with Gasteiger partial charge in [-0.05, 0) is 38.2 Å². The van der Waals surface area contributed by atoms with Crippen LogP contribution in [-0.4, -0.2) is 60.3 Å². The number of fused-ring (bicyclic) bond motifs is 3. The molecule has 3 N–H and O–H groups in total. The lowest BCUT2D eigenvalue weighted by atomic mass is 9.80. The van der Waals surface area contributed by atoms with Crippen molar-refractivity contribution in [3.8, 4) is 5.75 Å². The zero-order valence-corrected chi connectivity index (χ0v) is 19.0. The Kier molecular flexibility index (Phi) is 4.83. The fourth-order valence-electron chi connectivity index (χ4n) is 5.08. The van der Waals surface area contributed by atoms with Crippen LogP contribution in [0, 0.1) is 5.82 Å². The molecule has 10 nitrogen and oxygen atoms in total. The number of halogens is 1. The maximum Gasteiger partial charge on any atom is 0.223 e. The maximum atomic E-state index is 14.2. The van der Waals surface area contributed by atoms with Gasteiger partial charge < -0.3 is 20.5 Å². The van der Waals surface area contributed by atoms with Gasteiger partial charge in [0.2, 0.25) is 5.95 Å². The number of hydrogen-bond donors (Lipinski definition) is 2. The molecule has 178 valence electrons. The van der Waals surface area contributed by atoms with E-state index in [2.05, 4.69) is 20.1 Å². The van der Waals surface area contributed by atoms with Crippen molar-refractivity contribution in [1.29, 1.82) is 0 Å². The smallest absolute Gasteiger partial charge is 0.223 e. The number of aromatic nitrogens is 6. The number of piperidine rings is 1. The first-order valence-corrected chi connectivity index (χ1v) is 11.6. The molecule has 2 aliphatic rings. The van der Waals surface area contributed by atoms with Crippen LogP contribution in [0.2, 0.25) is 0 Å². The van der Waals surface area contributed by atoms with Crippen molar-refractivity contribution in [2.75, 3.05) is 30.8 Å². The van der Waals surface area contributed by atoms with Crippen LogP contribution in [0.1, 0.15) is 43.8 Å². The van der Waals surface area contributed by atoms with Gasteiger partial charge in [-0.25, -0.2) is 14.4 Å². The number of nitrogens with zero attached hydrogens (tertiary/aromatic N) is 7. The summed E-state index contributed by atoms with van der Waals surface area (Å²) < 4.78 is 22.8. The largest absolute Gasteiger partial charge is 0.494 e. The van der Waals surface area contributed by atoms with Crippen molar-refractivity contribution in [3.05, 3.63) is 36.2 Å². The Balaban J connectivity index is 1.30. The van der Waals surface area contributed by atoms with E-state index in [9.17, 15) is 9.50 Å². The predicted molar refractivity (Wildman–Crippen MR) is 124 cm³/mol. The zero-order valence-electron chi connectivity index (χ0n) is 19.0. The molecule has 1 atom stereocenters. The summed E-state index contributed by atoms with van der Waals surface area (Å²) in [5.41, 5.74) is 7.50. The minimum Gasteiger partial charge on any atom is -0.494 e.